The Morgan fingerprint density at radius 2 is 2.29 bits per heavy atom. The van der Waals surface area contributed by atoms with Gasteiger partial charge < -0.3 is 4.74 Å². The zero-order valence-corrected chi connectivity index (χ0v) is 7.86. The van der Waals surface area contributed by atoms with Crippen LogP contribution in [0.1, 0.15) is 6.92 Å². The van der Waals surface area contributed by atoms with E-state index in [1.54, 1.807) is 13.1 Å². The molecule has 0 bridgehead atoms. The van der Waals surface area contributed by atoms with Crippen molar-refractivity contribution >= 4 is 17.0 Å². The van der Waals surface area contributed by atoms with E-state index < -0.39 is 0 Å². The van der Waals surface area contributed by atoms with Crippen LogP contribution in [0.5, 0.6) is 0 Å². The normalized spacial score (nSPS) is 10.4. The van der Waals surface area contributed by atoms with Crippen molar-refractivity contribution in [2.45, 2.75) is 6.92 Å². The highest BCUT2D eigenvalue weighted by molar-refractivity contribution is 5.88. The first-order valence-corrected chi connectivity index (χ1v) is 4.48. The van der Waals surface area contributed by atoms with Gasteiger partial charge in [0.15, 0.2) is 0 Å². The van der Waals surface area contributed by atoms with Crippen LogP contribution >= 0.6 is 0 Å². The molecule has 0 unspecified atom stereocenters. The molecule has 0 atom stereocenters. The van der Waals surface area contributed by atoms with Gasteiger partial charge in [0.2, 0.25) is 0 Å². The Morgan fingerprint density at radius 3 is 3.07 bits per heavy atom. The molecule has 0 saturated carbocycles. The summed E-state index contributed by atoms with van der Waals surface area (Å²) in [6, 6.07) is 10.6. The van der Waals surface area contributed by atoms with Gasteiger partial charge >= 0.3 is 6.09 Å². The summed E-state index contributed by atoms with van der Waals surface area (Å²) in [7, 11) is 0. The number of hydrogen-bond acceptors (Lipinski definition) is 2. The van der Waals surface area contributed by atoms with E-state index in [-0.39, 0.29) is 6.09 Å². The summed E-state index contributed by atoms with van der Waals surface area (Å²) in [5.74, 6) is 0. The molecule has 1 aromatic heterocycles. The largest absolute Gasteiger partial charge is 0.449 e. The Kier molecular flexibility index (Phi) is 2.23. The second-order valence-corrected chi connectivity index (χ2v) is 2.86. The molecule has 0 amide bonds. The number of para-hydroxylation sites is 1. The molecule has 3 heteroatoms. The first kappa shape index (κ1) is 8.81. The number of carbonyl (C=O) groups excluding carboxylic acids is 1. The average Bonchev–Trinajstić information content (AvgIpc) is 2.61. The third-order valence-corrected chi connectivity index (χ3v) is 1.98. The van der Waals surface area contributed by atoms with E-state index in [0.717, 1.165) is 10.9 Å². The van der Waals surface area contributed by atoms with Gasteiger partial charge in [-0.15, -0.1) is 0 Å². The summed E-state index contributed by atoms with van der Waals surface area (Å²) in [5, 5.41) is 0.917. The predicted molar refractivity (Wildman–Crippen MR) is 53.2 cm³/mol. The molecular formula is C11H10NO2. The van der Waals surface area contributed by atoms with Gasteiger partial charge in [0.1, 0.15) is 0 Å². The van der Waals surface area contributed by atoms with Gasteiger partial charge in [-0.25, -0.2) is 4.79 Å². The lowest BCUT2D eigenvalue weighted by atomic mass is 10.2. The quantitative estimate of drug-likeness (QED) is 0.688. The molecule has 0 aliphatic carbocycles. The number of benzene rings is 1. The highest BCUT2D eigenvalue weighted by Crippen LogP contribution is 2.14. The number of nitrogens with zero attached hydrogens (tertiary/aromatic N) is 1. The maximum atomic E-state index is 11.4. The minimum atomic E-state index is -0.357. The van der Waals surface area contributed by atoms with Gasteiger partial charge in [0.05, 0.1) is 12.1 Å². The van der Waals surface area contributed by atoms with Crippen molar-refractivity contribution < 1.29 is 9.53 Å². The van der Waals surface area contributed by atoms with Gasteiger partial charge in [-0.3, -0.25) is 4.57 Å². The standard InChI is InChI=1S/C11H10NO2/c1-2-14-11(13)12-8-7-9-5-3-4-6-10(9)12/h3-6,8H,2H2,1H3. The average molecular weight is 188 g/mol. The van der Waals surface area contributed by atoms with Crippen molar-refractivity contribution in [3.05, 3.63) is 36.5 Å². The molecule has 71 valence electrons. The molecule has 0 spiro atoms. The number of carbonyl (C=O) groups is 1. The second kappa shape index (κ2) is 3.54. The van der Waals surface area contributed by atoms with Crippen molar-refractivity contribution in [3.8, 4) is 0 Å². The third-order valence-electron chi connectivity index (χ3n) is 1.98. The summed E-state index contributed by atoms with van der Waals surface area (Å²) in [4.78, 5) is 11.4. The van der Waals surface area contributed by atoms with Crippen LogP contribution in [-0.4, -0.2) is 17.3 Å². The van der Waals surface area contributed by atoms with Crippen molar-refractivity contribution in [1.82, 2.24) is 4.57 Å². The van der Waals surface area contributed by atoms with Gasteiger partial charge in [-0.05, 0) is 13.0 Å². The van der Waals surface area contributed by atoms with Gasteiger partial charge in [0, 0.05) is 17.6 Å². The Hall–Kier alpha value is -1.77. The van der Waals surface area contributed by atoms with E-state index >= 15 is 0 Å². The lowest BCUT2D eigenvalue weighted by molar-refractivity contribution is 0.155. The van der Waals surface area contributed by atoms with Gasteiger partial charge in [0.25, 0.3) is 0 Å². The molecule has 1 radical (unpaired) electrons. The first-order valence-electron chi connectivity index (χ1n) is 4.48. The van der Waals surface area contributed by atoms with E-state index in [0.29, 0.717) is 6.61 Å². The van der Waals surface area contributed by atoms with E-state index in [4.69, 9.17) is 4.74 Å². The fraction of sp³-hybridized carbons (Fsp3) is 0.182. The van der Waals surface area contributed by atoms with E-state index in [2.05, 4.69) is 6.07 Å². The van der Waals surface area contributed by atoms with Crippen molar-refractivity contribution in [3.63, 3.8) is 0 Å². The monoisotopic (exact) mass is 188 g/mol. The van der Waals surface area contributed by atoms with Crippen LogP contribution in [-0.2, 0) is 4.74 Å². The highest BCUT2D eigenvalue weighted by atomic mass is 16.5. The second-order valence-electron chi connectivity index (χ2n) is 2.86. The van der Waals surface area contributed by atoms with Crippen LogP contribution in [0.2, 0.25) is 0 Å². The fourth-order valence-electron chi connectivity index (χ4n) is 1.35. The summed E-state index contributed by atoms with van der Waals surface area (Å²) < 4.78 is 6.36. The van der Waals surface area contributed by atoms with E-state index in [1.807, 2.05) is 24.3 Å². The van der Waals surface area contributed by atoms with E-state index in [9.17, 15) is 4.79 Å². The van der Waals surface area contributed by atoms with Crippen LogP contribution < -0.4 is 0 Å². The number of fused-ring (bicyclic) bond motifs is 1. The van der Waals surface area contributed by atoms with Crippen LogP contribution in [0.3, 0.4) is 0 Å². The number of ether oxygens (including phenoxy) is 1. The number of rotatable bonds is 1. The predicted octanol–water partition coefficient (Wildman–Crippen LogP) is 2.45. The summed E-state index contributed by atoms with van der Waals surface area (Å²) in [5.41, 5.74) is 0.825. The third kappa shape index (κ3) is 1.37. The molecule has 1 aromatic carbocycles. The zero-order chi connectivity index (χ0) is 9.97. The van der Waals surface area contributed by atoms with Crippen LogP contribution in [0.4, 0.5) is 4.79 Å². The van der Waals surface area contributed by atoms with Crippen LogP contribution in [0, 0.1) is 6.07 Å². The topological polar surface area (TPSA) is 31.2 Å². The summed E-state index contributed by atoms with van der Waals surface area (Å²) >= 11 is 0. The minimum absolute atomic E-state index is 0.357. The fourth-order valence-corrected chi connectivity index (χ4v) is 1.35. The Bertz CT molecular complexity index is 459. The molecule has 2 rings (SSSR count). The molecule has 0 aliphatic heterocycles. The minimum Gasteiger partial charge on any atom is -0.449 e. The molecule has 0 aliphatic rings. The van der Waals surface area contributed by atoms with E-state index in [1.165, 1.54) is 4.57 Å². The zero-order valence-electron chi connectivity index (χ0n) is 7.86. The van der Waals surface area contributed by atoms with Gasteiger partial charge in [-0.2, -0.15) is 0 Å². The first-order chi connectivity index (χ1) is 6.83. The van der Waals surface area contributed by atoms with Crippen molar-refractivity contribution in [1.29, 1.82) is 0 Å². The lowest BCUT2D eigenvalue weighted by Gasteiger charge is -2.03. The SMILES string of the molecule is CCOC(=O)n1c[c]c2ccccc21. The van der Waals surface area contributed by atoms with Crippen LogP contribution in [0.15, 0.2) is 30.5 Å². The molecule has 0 N–H and O–H groups in total. The molecular weight excluding hydrogens is 178 g/mol. The molecule has 0 fully saturated rings. The lowest BCUT2D eigenvalue weighted by Crippen LogP contribution is -2.11. The molecule has 2 aromatic rings. The van der Waals surface area contributed by atoms with Gasteiger partial charge in [-0.1, -0.05) is 18.2 Å². The van der Waals surface area contributed by atoms with Crippen molar-refractivity contribution in [2.75, 3.05) is 6.61 Å². The molecule has 3 nitrogen and oxygen atoms in total. The number of hydrogen-bond donors (Lipinski definition) is 0. The maximum Gasteiger partial charge on any atom is 0.418 e. The Morgan fingerprint density at radius 1 is 1.50 bits per heavy atom. The Balaban J connectivity index is 2.47. The molecule has 14 heavy (non-hydrogen) atoms. The highest BCUT2D eigenvalue weighted by Gasteiger charge is 2.08. The summed E-state index contributed by atoms with van der Waals surface area (Å²) in [6.07, 6.45) is 1.24. The Labute approximate surface area is 81.9 Å². The molecule has 1 heterocycles. The van der Waals surface area contributed by atoms with Crippen molar-refractivity contribution in [2.24, 2.45) is 0 Å². The van der Waals surface area contributed by atoms with Crippen LogP contribution in [0.25, 0.3) is 10.9 Å². The molecule has 0 saturated heterocycles. The maximum absolute atomic E-state index is 11.4. The number of aromatic nitrogens is 1. The summed E-state index contributed by atoms with van der Waals surface area (Å²) in [6.45, 7) is 2.17. The smallest absolute Gasteiger partial charge is 0.418 e.